The highest BCUT2D eigenvalue weighted by atomic mass is 35.5. The number of aromatic nitrogens is 3. The van der Waals surface area contributed by atoms with Crippen LogP contribution in [-0.4, -0.2) is 38.3 Å². The maximum atomic E-state index is 12.7. The monoisotopic (exact) mass is 492 g/mol. The zero-order chi connectivity index (χ0) is 24.3. The Hall–Kier alpha value is -3.52. The second kappa shape index (κ2) is 8.02. The van der Waals surface area contributed by atoms with Crippen molar-refractivity contribution < 1.29 is 18.8 Å². The molecule has 4 aromatic rings. The number of nitrogens with zero attached hydrogens (tertiary/aromatic N) is 3. The van der Waals surface area contributed by atoms with Crippen LogP contribution >= 0.6 is 11.6 Å². The van der Waals surface area contributed by atoms with Gasteiger partial charge in [0.05, 0.1) is 12.2 Å². The molecule has 6 rings (SSSR count). The molecule has 0 saturated heterocycles. The van der Waals surface area contributed by atoms with Crippen LogP contribution in [0, 0.1) is 0 Å². The van der Waals surface area contributed by atoms with E-state index in [0.29, 0.717) is 36.7 Å². The highest BCUT2D eigenvalue weighted by molar-refractivity contribution is 6.31. The standard InChI is InChI=1S/C26H25ClN4O4/c1-26(2,3)34-25(32)31-9-6-20-19(13-31)23(35-30-20)21-11-14-10-15(27)12-18(22(14)33-21)16-4-7-28-24-17(16)5-8-29-24/h4-5,7-8,10,12,21H,6,9,11,13H2,1-3H3,(H,28,29). The molecule has 180 valence electrons. The van der Waals surface area contributed by atoms with E-state index >= 15 is 0 Å². The molecule has 1 atom stereocenters. The number of hydrogen-bond acceptors (Lipinski definition) is 6. The number of nitrogens with one attached hydrogen (secondary N) is 1. The van der Waals surface area contributed by atoms with Crippen LogP contribution in [0.1, 0.15) is 49.5 Å². The van der Waals surface area contributed by atoms with Crippen LogP contribution in [0.3, 0.4) is 0 Å². The van der Waals surface area contributed by atoms with Crippen LogP contribution in [0.4, 0.5) is 4.79 Å². The Kier molecular flexibility index (Phi) is 5.03. The minimum absolute atomic E-state index is 0.340. The van der Waals surface area contributed by atoms with Crippen molar-refractivity contribution in [3.05, 3.63) is 64.3 Å². The van der Waals surface area contributed by atoms with Gasteiger partial charge in [-0.25, -0.2) is 9.78 Å². The lowest BCUT2D eigenvalue weighted by molar-refractivity contribution is 0.0221. The number of carbonyl (C=O) groups is 1. The number of ether oxygens (including phenoxy) is 2. The van der Waals surface area contributed by atoms with E-state index in [9.17, 15) is 4.79 Å². The van der Waals surface area contributed by atoms with Gasteiger partial charge in [0.15, 0.2) is 11.9 Å². The van der Waals surface area contributed by atoms with Crippen LogP contribution in [0.2, 0.25) is 5.02 Å². The number of carbonyl (C=O) groups excluding carboxylic acids is 1. The molecular weight excluding hydrogens is 468 g/mol. The van der Waals surface area contributed by atoms with Crippen molar-refractivity contribution >= 4 is 28.7 Å². The average molecular weight is 493 g/mol. The van der Waals surface area contributed by atoms with Crippen molar-refractivity contribution in [2.75, 3.05) is 6.54 Å². The summed E-state index contributed by atoms with van der Waals surface area (Å²) in [5.74, 6) is 1.42. The molecule has 1 unspecified atom stereocenters. The lowest BCUT2D eigenvalue weighted by atomic mass is 9.98. The van der Waals surface area contributed by atoms with Gasteiger partial charge in [0.1, 0.15) is 17.0 Å². The molecule has 5 heterocycles. The lowest BCUT2D eigenvalue weighted by Crippen LogP contribution is -2.40. The quantitative estimate of drug-likeness (QED) is 0.378. The third-order valence-electron chi connectivity index (χ3n) is 6.36. The molecule has 0 spiro atoms. The number of fused-ring (bicyclic) bond motifs is 3. The van der Waals surface area contributed by atoms with Crippen LogP contribution < -0.4 is 4.74 Å². The van der Waals surface area contributed by atoms with E-state index in [1.165, 1.54) is 0 Å². The molecule has 9 heteroatoms. The van der Waals surface area contributed by atoms with E-state index in [1.54, 1.807) is 11.1 Å². The van der Waals surface area contributed by atoms with Gasteiger partial charge < -0.3 is 23.9 Å². The summed E-state index contributed by atoms with van der Waals surface area (Å²) in [6.07, 6.45) is 4.14. The number of aromatic amines is 1. The molecule has 1 aromatic carbocycles. The number of benzene rings is 1. The first-order chi connectivity index (χ1) is 16.8. The van der Waals surface area contributed by atoms with Gasteiger partial charge in [0.25, 0.3) is 0 Å². The lowest BCUT2D eigenvalue weighted by Gasteiger charge is -2.29. The smallest absolute Gasteiger partial charge is 0.410 e. The first-order valence-corrected chi connectivity index (χ1v) is 12.0. The Labute approximate surface area is 207 Å². The molecule has 8 nitrogen and oxygen atoms in total. The van der Waals surface area contributed by atoms with Gasteiger partial charge >= 0.3 is 6.09 Å². The van der Waals surface area contributed by atoms with E-state index in [0.717, 1.165) is 44.7 Å². The Morgan fingerprint density at radius 1 is 1.26 bits per heavy atom. The molecule has 2 aliphatic rings. The first kappa shape index (κ1) is 22.0. The summed E-state index contributed by atoms with van der Waals surface area (Å²) in [7, 11) is 0. The summed E-state index contributed by atoms with van der Waals surface area (Å²) in [4.78, 5) is 21.9. The summed E-state index contributed by atoms with van der Waals surface area (Å²) in [6, 6.07) is 7.82. The summed E-state index contributed by atoms with van der Waals surface area (Å²) in [5, 5.41) is 5.92. The van der Waals surface area contributed by atoms with E-state index in [4.69, 9.17) is 25.6 Å². The Morgan fingerprint density at radius 2 is 2.11 bits per heavy atom. The van der Waals surface area contributed by atoms with Crippen molar-refractivity contribution in [2.24, 2.45) is 0 Å². The fourth-order valence-electron chi connectivity index (χ4n) is 4.84. The molecule has 1 amide bonds. The van der Waals surface area contributed by atoms with Crippen molar-refractivity contribution in [3.63, 3.8) is 0 Å². The number of halogens is 1. The summed E-state index contributed by atoms with van der Waals surface area (Å²) in [5.41, 5.74) is 4.90. The Morgan fingerprint density at radius 3 is 2.94 bits per heavy atom. The van der Waals surface area contributed by atoms with Gasteiger partial charge in [-0.15, -0.1) is 0 Å². The van der Waals surface area contributed by atoms with Gasteiger partial charge in [-0.2, -0.15) is 0 Å². The summed E-state index contributed by atoms with van der Waals surface area (Å²) in [6.45, 7) is 6.50. The van der Waals surface area contributed by atoms with Gasteiger partial charge in [-0.1, -0.05) is 16.8 Å². The van der Waals surface area contributed by atoms with Gasteiger partial charge in [0.2, 0.25) is 0 Å². The average Bonchev–Trinajstić information content (AvgIpc) is 3.53. The third kappa shape index (κ3) is 3.91. The van der Waals surface area contributed by atoms with Crippen molar-refractivity contribution in [3.8, 4) is 16.9 Å². The molecule has 0 fully saturated rings. The van der Waals surface area contributed by atoms with Crippen LogP contribution in [0.25, 0.3) is 22.2 Å². The van der Waals surface area contributed by atoms with Crippen LogP contribution in [0.15, 0.2) is 41.2 Å². The number of hydrogen-bond donors (Lipinski definition) is 1. The maximum absolute atomic E-state index is 12.7. The second-order valence-electron chi connectivity index (χ2n) is 9.97. The zero-order valence-corrected chi connectivity index (χ0v) is 20.5. The predicted octanol–water partition coefficient (Wildman–Crippen LogP) is 5.84. The largest absolute Gasteiger partial charge is 0.481 e. The van der Waals surface area contributed by atoms with E-state index in [1.807, 2.05) is 51.2 Å². The molecule has 1 N–H and O–H groups in total. The molecule has 0 aliphatic carbocycles. The van der Waals surface area contributed by atoms with Gasteiger partial charge in [-0.3, -0.25) is 0 Å². The van der Waals surface area contributed by atoms with Crippen molar-refractivity contribution in [1.29, 1.82) is 0 Å². The van der Waals surface area contributed by atoms with E-state index in [2.05, 4.69) is 15.1 Å². The third-order valence-corrected chi connectivity index (χ3v) is 6.58. The van der Waals surface area contributed by atoms with Crippen LogP contribution in [0.5, 0.6) is 5.75 Å². The number of amides is 1. The zero-order valence-electron chi connectivity index (χ0n) is 19.7. The molecule has 2 aliphatic heterocycles. The van der Waals surface area contributed by atoms with Gasteiger partial charge in [0, 0.05) is 58.9 Å². The summed E-state index contributed by atoms with van der Waals surface area (Å²) >= 11 is 6.53. The van der Waals surface area contributed by atoms with E-state index < -0.39 is 5.60 Å². The SMILES string of the molecule is CC(C)(C)OC(=O)N1CCc2noc(C3Cc4cc(Cl)cc(-c5ccnc6[nH]ccc56)c4O3)c2C1. The highest BCUT2D eigenvalue weighted by Crippen LogP contribution is 2.47. The second-order valence-corrected chi connectivity index (χ2v) is 10.4. The van der Waals surface area contributed by atoms with Crippen LogP contribution in [-0.2, 0) is 24.1 Å². The van der Waals surface area contributed by atoms with Crippen molar-refractivity contribution in [2.45, 2.75) is 51.9 Å². The molecule has 0 saturated carbocycles. The summed E-state index contributed by atoms with van der Waals surface area (Å²) < 4.78 is 17.9. The molecular formula is C26H25ClN4O4. The Balaban J connectivity index is 1.32. The first-order valence-electron chi connectivity index (χ1n) is 11.6. The van der Waals surface area contributed by atoms with E-state index in [-0.39, 0.29) is 12.2 Å². The molecule has 0 bridgehead atoms. The molecule has 3 aromatic heterocycles. The van der Waals surface area contributed by atoms with Crippen molar-refractivity contribution in [1.82, 2.24) is 20.0 Å². The number of rotatable bonds is 2. The van der Waals surface area contributed by atoms with Gasteiger partial charge in [-0.05, 0) is 50.6 Å². The Bertz CT molecular complexity index is 1450. The minimum Gasteiger partial charge on any atom is -0.481 e. The molecule has 35 heavy (non-hydrogen) atoms. The molecule has 0 radical (unpaired) electrons. The highest BCUT2D eigenvalue weighted by Gasteiger charge is 2.37. The fraction of sp³-hybridized carbons (Fsp3) is 0.346. The fourth-order valence-corrected chi connectivity index (χ4v) is 5.08. The number of H-pyrrole nitrogens is 1. The normalized spacial score (nSPS) is 17.3. The predicted molar refractivity (Wildman–Crippen MR) is 130 cm³/mol. The maximum Gasteiger partial charge on any atom is 0.410 e. The minimum atomic E-state index is -0.557. The number of pyridine rings is 1. The topological polar surface area (TPSA) is 93.5 Å².